The number of pyridine rings is 2. The highest BCUT2D eigenvalue weighted by Crippen LogP contribution is 2.40. The molecule has 5 heteroatoms. The summed E-state index contributed by atoms with van der Waals surface area (Å²) in [4.78, 5) is 11.8. The van der Waals surface area contributed by atoms with Gasteiger partial charge in [0.2, 0.25) is 0 Å². The Morgan fingerprint density at radius 3 is 2.81 bits per heavy atom. The molecule has 0 unspecified atom stereocenters. The standard InChI is InChI=1S/C21H22N4O/c1-26-19-10-23-9-8-14(19)15-6-3-7-16-20(22)17-11-25(13-4-2-5-13)12-18(17)24-21(15)16/h3,6-10,13H,2,4-5,11-12H2,1H3,(H2,22,24). The summed E-state index contributed by atoms with van der Waals surface area (Å²) in [6, 6.07) is 8.87. The van der Waals surface area contributed by atoms with E-state index in [9.17, 15) is 0 Å². The molecule has 2 aliphatic rings. The molecule has 132 valence electrons. The van der Waals surface area contributed by atoms with E-state index in [1.165, 1.54) is 24.8 Å². The van der Waals surface area contributed by atoms with Gasteiger partial charge in [-0.1, -0.05) is 24.6 Å². The third kappa shape index (κ3) is 2.27. The molecule has 0 bridgehead atoms. The first-order valence-electron chi connectivity index (χ1n) is 9.18. The van der Waals surface area contributed by atoms with Crippen molar-refractivity contribution in [3.05, 3.63) is 47.9 Å². The number of nitrogens with zero attached hydrogens (tertiary/aromatic N) is 3. The molecule has 0 amide bonds. The van der Waals surface area contributed by atoms with Gasteiger partial charge >= 0.3 is 0 Å². The summed E-state index contributed by atoms with van der Waals surface area (Å²) in [6.45, 7) is 1.83. The lowest BCUT2D eigenvalue weighted by Gasteiger charge is -2.34. The van der Waals surface area contributed by atoms with Crippen molar-refractivity contribution >= 4 is 16.6 Å². The molecule has 0 radical (unpaired) electrons. The Bertz CT molecular complexity index is 997. The van der Waals surface area contributed by atoms with Gasteiger partial charge in [-0.15, -0.1) is 0 Å². The summed E-state index contributed by atoms with van der Waals surface area (Å²) in [6.07, 6.45) is 7.46. The fourth-order valence-corrected chi connectivity index (χ4v) is 4.15. The van der Waals surface area contributed by atoms with E-state index >= 15 is 0 Å². The van der Waals surface area contributed by atoms with Crippen molar-refractivity contribution < 1.29 is 4.74 Å². The number of anilines is 1. The van der Waals surface area contributed by atoms with Crippen LogP contribution < -0.4 is 10.5 Å². The van der Waals surface area contributed by atoms with Crippen molar-refractivity contribution in [1.29, 1.82) is 0 Å². The lowest BCUT2D eigenvalue weighted by Crippen LogP contribution is -2.36. The van der Waals surface area contributed by atoms with Crippen molar-refractivity contribution in [2.24, 2.45) is 0 Å². The molecule has 3 heterocycles. The second-order valence-corrected chi connectivity index (χ2v) is 7.22. The zero-order chi connectivity index (χ0) is 17.7. The van der Waals surface area contributed by atoms with Crippen LogP contribution in [0.25, 0.3) is 22.0 Å². The molecule has 1 aliphatic heterocycles. The van der Waals surface area contributed by atoms with Gasteiger partial charge < -0.3 is 10.5 Å². The van der Waals surface area contributed by atoms with Crippen LogP contribution in [-0.2, 0) is 13.1 Å². The fraction of sp³-hybridized carbons (Fsp3) is 0.333. The number of methoxy groups -OCH3 is 1. The second-order valence-electron chi connectivity index (χ2n) is 7.22. The number of fused-ring (bicyclic) bond motifs is 2. The molecule has 5 nitrogen and oxygen atoms in total. The molecule has 0 atom stereocenters. The molecular weight excluding hydrogens is 324 g/mol. The molecule has 5 rings (SSSR count). The fourth-order valence-electron chi connectivity index (χ4n) is 4.15. The molecule has 2 N–H and O–H groups in total. The van der Waals surface area contributed by atoms with Crippen molar-refractivity contribution in [3.8, 4) is 16.9 Å². The van der Waals surface area contributed by atoms with Gasteiger partial charge in [-0.2, -0.15) is 0 Å². The molecule has 1 fully saturated rings. The first kappa shape index (κ1) is 15.6. The number of hydrogen-bond acceptors (Lipinski definition) is 5. The molecule has 1 aliphatic carbocycles. The van der Waals surface area contributed by atoms with Crippen LogP contribution in [0.15, 0.2) is 36.7 Å². The third-order valence-corrected chi connectivity index (χ3v) is 5.85. The van der Waals surface area contributed by atoms with Gasteiger partial charge in [0.05, 0.1) is 24.5 Å². The molecular formula is C21H22N4O. The molecule has 0 spiro atoms. The molecule has 1 aromatic carbocycles. The normalized spacial score (nSPS) is 17.3. The summed E-state index contributed by atoms with van der Waals surface area (Å²) >= 11 is 0. The topological polar surface area (TPSA) is 64.3 Å². The van der Waals surface area contributed by atoms with Crippen LogP contribution in [-0.4, -0.2) is 28.0 Å². The lowest BCUT2D eigenvalue weighted by molar-refractivity contribution is 0.126. The Balaban J connectivity index is 1.68. The molecule has 2 aromatic heterocycles. The van der Waals surface area contributed by atoms with Crippen molar-refractivity contribution in [2.45, 2.75) is 38.4 Å². The maximum Gasteiger partial charge on any atom is 0.145 e. The SMILES string of the molecule is COc1cnccc1-c1cccc2c(N)c3c(nc12)CN(C1CCC1)C3. The molecule has 1 saturated carbocycles. The monoisotopic (exact) mass is 346 g/mol. The van der Waals surface area contributed by atoms with E-state index in [0.29, 0.717) is 6.04 Å². The van der Waals surface area contributed by atoms with E-state index in [1.54, 1.807) is 19.5 Å². The largest absolute Gasteiger partial charge is 0.494 e. The first-order chi connectivity index (χ1) is 12.8. The Hall–Kier alpha value is -2.66. The first-order valence-corrected chi connectivity index (χ1v) is 9.18. The zero-order valence-corrected chi connectivity index (χ0v) is 14.9. The minimum Gasteiger partial charge on any atom is -0.494 e. The predicted molar refractivity (Wildman–Crippen MR) is 103 cm³/mol. The van der Waals surface area contributed by atoms with E-state index in [-0.39, 0.29) is 0 Å². The van der Waals surface area contributed by atoms with Crippen LogP contribution in [0.4, 0.5) is 5.69 Å². The number of ether oxygens (including phenoxy) is 1. The van der Waals surface area contributed by atoms with Gasteiger partial charge in [0.1, 0.15) is 5.75 Å². The lowest BCUT2D eigenvalue weighted by atomic mass is 9.92. The van der Waals surface area contributed by atoms with Crippen LogP contribution in [0.1, 0.15) is 30.5 Å². The van der Waals surface area contributed by atoms with Gasteiger partial charge in [0.15, 0.2) is 0 Å². The van der Waals surface area contributed by atoms with E-state index in [4.69, 9.17) is 15.5 Å². The van der Waals surface area contributed by atoms with Gasteiger partial charge in [-0.05, 0) is 18.9 Å². The summed E-state index contributed by atoms with van der Waals surface area (Å²) < 4.78 is 5.51. The Labute approximate surface area is 152 Å². The highest BCUT2D eigenvalue weighted by atomic mass is 16.5. The average Bonchev–Trinajstić information content (AvgIpc) is 3.03. The van der Waals surface area contributed by atoms with Crippen molar-refractivity contribution in [3.63, 3.8) is 0 Å². The number of para-hydroxylation sites is 1. The van der Waals surface area contributed by atoms with E-state index in [2.05, 4.69) is 22.0 Å². The van der Waals surface area contributed by atoms with E-state index < -0.39 is 0 Å². The van der Waals surface area contributed by atoms with Crippen LogP contribution in [0, 0.1) is 0 Å². The van der Waals surface area contributed by atoms with Crippen molar-refractivity contribution in [1.82, 2.24) is 14.9 Å². The number of hydrogen-bond donors (Lipinski definition) is 1. The second kappa shape index (κ2) is 5.95. The number of aromatic nitrogens is 2. The Morgan fingerprint density at radius 1 is 1.15 bits per heavy atom. The minimum atomic E-state index is 0.700. The highest BCUT2D eigenvalue weighted by Gasteiger charge is 2.32. The summed E-state index contributed by atoms with van der Waals surface area (Å²) in [7, 11) is 1.67. The maximum atomic E-state index is 6.60. The highest BCUT2D eigenvalue weighted by molar-refractivity contribution is 6.01. The summed E-state index contributed by atoms with van der Waals surface area (Å²) in [5, 5.41) is 1.02. The minimum absolute atomic E-state index is 0.700. The van der Waals surface area contributed by atoms with E-state index in [0.717, 1.165) is 52.3 Å². The molecule has 0 saturated heterocycles. The van der Waals surface area contributed by atoms with Gasteiger partial charge in [-0.3, -0.25) is 14.9 Å². The van der Waals surface area contributed by atoms with Crippen LogP contribution >= 0.6 is 0 Å². The quantitative estimate of drug-likeness (QED) is 0.782. The molecule has 3 aromatic rings. The van der Waals surface area contributed by atoms with Crippen LogP contribution in [0.2, 0.25) is 0 Å². The summed E-state index contributed by atoms with van der Waals surface area (Å²) in [5.41, 5.74) is 12.8. The number of benzene rings is 1. The average molecular weight is 346 g/mol. The van der Waals surface area contributed by atoms with Gasteiger partial charge in [-0.25, -0.2) is 0 Å². The maximum absolute atomic E-state index is 6.60. The Morgan fingerprint density at radius 2 is 2.04 bits per heavy atom. The van der Waals surface area contributed by atoms with Crippen molar-refractivity contribution in [2.75, 3.05) is 12.8 Å². The third-order valence-electron chi connectivity index (χ3n) is 5.85. The smallest absolute Gasteiger partial charge is 0.145 e. The van der Waals surface area contributed by atoms with Crippen LogP contribution in [0.3, 0.4) is 0 Å². The number of nitrogen functional groups attached to an aromatic ring is 1. The van der Waals surface area contributed by atoms with Crippen LogP contribution in [0.5, 0.6) is 5.75 Å². The Kier molecular flexibility index (Phi) is 3.57. The summed E-state index contributed by atoms with van der Waals surface area (Å²) in [5.74, 6) is 0.747. The van der Waals surface area contributed by atoms with E-state index in [1.807, 2.05) is 12.1 Å². The van der Waals surface area contributed by atoms with Gasteiger partial charge in [0, 0.05) is 53.1 Å². The number of rotatable bonds is 3. The zero-order valence-electron chi connectivity index (χ0n) is 14.9. The number of nitrogens with two attached hydrogens (primary N) is 1. The molecule has 26 heavy (non-hydrogen) atoms. The van der Waals surface area contributed by atoms with Gasteiger partial charge in [0.25, 0.3) is 0 Å². The predicted octanol–water partition coefficient (Wildman–Crippen LogP) is 3.76.